The van der Waals surface area contributed by atoms with Crippen LogP contribution in [0.1, 0.15) is 5.56 Å². The Balaban J connectivity index is 2.28. The molecule has 5 heteroatoms. The predicted octanol–water partition coefficient (Wildman–Crippen LogP) is 4.46. The predicted molar refractivity (Wildman–Crippen MR) is 82.1 cm³/mol. The first-order valence-electron chi connectivity index (χ1n) is 5.68. The zero-order valence-corrected chi connectivity index (χ0v) is 12.7. The molecule has 0 radical (unpaired) electrons. The lowest BCUT2D eigenvalue weighted by atomic mass is 10.2. The standard InChI is InChI=1S/C14H13BrClFN2/c1-19(8-9-4-2-3-5-11(9)16)14-7-12(17)10(15)6-13(14)18/h2-7H,8,18H2,1H3. The van der Waals surface area contributed by atoms with Gasteiger partial charge in [0.15, 0.2) is 0 Å². The Morgan fingerprint density at radius 3 is 2.68 bits per heavy atom. The van der Waals surface area contributed by atoms with E-state index >= 15 is 0 Å². The Bertz CT molecular complexity index is 604. The molecule has 0 aromatic heterocycles. The molecule has 19 heavy (non-hydrogen) atoms. The van der Waals surface area contributed by atoms with E-state index in [1.807, 2.05) is 36.2 Å². The minimum atomic E-state index is -0.338. The second-order valence-corrected chi connectivity index (χ2v) is 5.53. The summed E-state index contributed by atoms with van der Waals surface area (Å²) < 4.78 is 13.9. The highest BCUT2D eigenvalue weighted by Crippen LogP contribution is 2.30. The van der Waals surface area contributed by atoms with E-state index in [0.717, 1.165) is 5.56 Å². The summed E-state index contributed by atoms with van der Waals surface area (Å²) in [7, 11) is 1.85. The molecule has 2 rings (SSSR count). The first kappa shape index (κ1) is 14.2. The normalized spacial score (nSPS) is 10.5. The molecule has 2 aromatic rings. The SMILES string of the molecule is CN(Cc1ccccc1Cl)c1cc(F)c(Br)cc1N. The molecule has 0 saturated carbocycles. The minimum absolute atomic E-state index is 0.338. The Morgan fingerprint density at radius 1 is 1.32 bits per heavy atom. The summed E-state index contributed by atoms with van der Waals surface area (Å²) >= 11 is 9.23. The summed E-state index contributed by atoms with van der Waals surface area (Å²) in [5, 5.41) is 0.686. The lowest BCUT2D eigenvalue weighted by Crippen LogP contribution is -2.18. The Hall–Kier alpha value is -1.26. The monoisotopic (exact) mass is 342 g/mol. The smallest absolute Gasteiger partial charge is 0.139 e. The molecule has 0 aliphatic rings. The lowest BCUT2D eigenvalue weighted by molar-refractivity contribution is 0.620. The highest BCUT2D eigenvalue weighted by atomic mass is 79.9. The molecular weight excluding hydrogens is 331 g/mol. The van der Waals surface area contributed by atoms with Crippen LogP contribution in [0.3, 0.4) is 0 Å². The summed E-state index contributed by atoms with van der Waals surface area (Å²) in [6.07, 6.45) is 0. The largest absolute Gasteiger partial charge is 0.397 e. The number of halogens is 3. The Labute approximate surface area is 125 Å². The number of rotatable bonds is 3. The van der Waals surface area contributed by atoms with E-state index in [-0.39, 0.29) is 5.82 Å². The topological polar surface area (TPSA) is 29.3 Å². The molecule has 2 aromatic carbocycles. The number of nitrogens with zero attached hydrogens (tertiary/aromatic N) is 1. The summed E-state index contributed by atoms with van der Waals surface area (Å²) in [6, 6.07) is 10.5. The van der Waals surface area contributed by atoms with E-state index in [0.29, 0.717) is 27.4 Å². The van der Waals surface area contributed by atoms with Crippen LogP contribution in [-0.2, 0) is 6.54 Å². The van der Waals surface area contributed by atoms with Gasteiger partial charge in [-0.05, 0) is 33.6 Å². The van der Waals surface area contributed by atoms with Crippen LogP contribution in [0.2, 0.25) is 5.02 Å². The fourth-order valence-corrected chi connectivity index (χ4v) is 2.41. The molecule has 0 bridgehead atoms. The Kier molecular flexibility index (Phi) is 4.32. The third kappa shape index (κ3) is 3.19. The average molecular weight is 344 g/mol. The first-order chi connectivity index (χ1) is 8.99. The van der Waals surface area contributed by atoms with Crippen LogP contribution in [0, 0.1) is 5.82 Å². The van der Waals surface area contributed by atoms with Gasteiger partial charge in [0, 0.05) is 24.7 Å². The number of hydrogen-bond acceptors (Lipinski definition) is 2. The molecule has 0 aliphatic carbocycles. The highest BCUT2D eigenvalue weighted by Gasteiger charge is 2.11. The van der Waals surface area contributed by atoms with Crippen LogP contribution >= 0.6 is 27.5 Å². The second kappa shape index (κ2) is 5.80. The van der Waals surface area contributed by atoms with Crippen molar-refractivity contribution >= 4 is 38.9 Å². The molecule has 0 unspecified atom stereocenters. The molecule has 2 nitrogen and oxygen atoms in total. The van der Waals surface area contributed by atoms with Crippen molar-refractivity contribution in [1.82, 2.24) is 0 Å². The fourth-order valence-electron chi connectivity index (χ4n) is 1.85. The number of hydrogen-bond donors (Lipinski definition) is 1. The van der Waals surface area contributed by atoms with Crippen molar-refractivity contribution in [2.45, 2.75) is 6.54 Å². The zero-order valence-electron chi connectivity index (χ0n) is 10.3. The van der Waals surface area contributed by atoms with Gasteiger partial charge in [-0.3, -0.25) is 0 Å². The fraction of sp³-hybridized carbons (Fsp3) is 0.143. The van der Waals surface area contributed by atoms with Gasteiger partial charge in [-0.15, -0.1) is 0 Å². The van der Waals surface area contributed by atoms with E-state index in [1.165, 1.54) is 6.07 Å². The summed E-state index contributed by atoms with van der Waals surface area (Å²) in [5.74, 6) is -0.338. The van der Waals surface area contributed by atoms with E-state index in [4.69, 9.17) is 17.3 Å². The van der Waals surface area contributed by atoms with Gasteiger partial charge in [0.1, 0.15) is 5.82 Å². The first-order valence-corrected chi connectivity index (χ1v) is 6.85. The Morgan fingerprint density at radius 2 is 2.00 bits per heavy atom. The number of nitrogen functional groups attached to an aromatic ring is 1. The van der Waals surface area contributed by atoms with Crippen molar-refractivity contribution in [2.75, 3.05) is 17.7 Å². The van der Waals surface area contributed by atoms with Crippen LogP contribution in [0.15, 0.2) is 40.9 Å². The summed E-state index contributed by atoms with van der Waals surface area (Å²) in [4.78, 5) is 1.87. The van der Waals surface area contributed by atoms with Gasteiger partial charge in [0.05, 0.1) is 15.8 Å². The maximum Gasteiger partial charge on any atom is 0.139 e. The van der Waals surface area contributed by atoms with E-state index in [1.54, 1.807) is 6.07 Å². The molecule has 0 amide bonds. The third-order valence-electron chi connectivity index (χ3n) is 2.85. The van der Waals surface area contributed by atoms with Crippen molar-refractivity contribution in [1.29, 1.82) is 0 Å². The van der Waals surface area contributed by atoms with Gasteiger partial charge in [-0.25, -0.2) is 4.39 Å². The molecule has 0 saturated heterocycles. The third-order valence-corrected chi connectivity index (χ3v) is 3.82. The quantitative estimate of drug-likeness (QED) is 0.834. The molecule has 0 heterocycles. The molecule has 0 fully saturated rings. The molecule has 100 valence electrons. The maximum absolute atomic E-state index is 13.6. The van der Waals surface area contributed by atoms with Gasteiger partial charge >= 0.3 is 0 Å². The van der Waals surface area contributed by atoms with Crippen molar-refractivity contribution in [2.24, 2.45) is 0 Å². The lowest BCUT2D eigenvalue weighted by Gasteiger charge is -2.22. The van der Waals surface area contributed by atoms with Crippen molar-refractivity contribution < 1.29 is 4.39 Å². The van der Waals surface area contributed by atoms with Gasteiger partial charge in [0.25, 0.3) is 0 Å². The van der Waals surface area contributed by atoms with Gasteiger partial charge in [-0.2, -0.15) is 0 Å². The van der Waals surface area contributed by atoms with E-state index < -0.39 is 0 Å². The van der Waals surface area contributed by atoms with E-state index in [9.17, 15) is 4.39 Å². The summed E-state index contributed by atoms with van der Waals surface area (Å²) in [5.41, 5.74) is 8.03. The molecule has 0 aliphatic heterocycles. The van der Waals surface area contributed by atoms with Gasteiger partial charge in [-0.1, -0.05) is 29.8 Å². The van der Waals surface area contributed by atoms with E-state index in [2.05, 4.69) is 15.9 Å². The van der Waals surface area contributed by atoms with Crippen molar-refractivity contribution in [3.05, 3.63) is 57.3 Å². The molecular formula is C14H13BrClFN2. The van der Waals surface area contributed by atoms with Crippen LogP contribution in [-0.4, -0.2) is 7.05 Å². The van der Waals surface area contributed by atoms with Crippen molar-refractivity contribution in [3.63, 3.8) is 0 Å². The maximum atomic E-state index is 13.6. The minimum Gasteiger partial charge on any atom is -0.397 e. The van der Waals surface area contributed by atoms with Crippen molar-refractivity contribution in [3.8, 4) is 0 Å². The van der Waals surface area contributed by atoms with Crippen LogP contribution in [0.5, 0.6) is 0 Å². The van der Waals surface area contributed by atoms with Crippen LogP contribution in [0.25, 0.3) is 0 Å². The number of benzene rings is 2. The summed E-state index contributed by atoms with van der Waals surface area (Å²) in [6.45, 7) is 0.560. The number of nitrogens with two attached hydrogens (primary N) is 1. The molecule has 0 spiro atoms. The second-order valence-electron chi connectivity index (χ2n) is 4.27. The highest BCUT2D eigenvalue weighted by molar-refractivity contribution is 9.10. The van der Waals surface area contributed by atoms with Gasteiger partial charge in [0.2, 0.25) is 0 Å². The van der Waals surface area contributed by atoms with Crippen LogP contribution in [0.4, 0.5) is 15.8 Å². The average Bonchev–Trinajstić information content (AvgIpc) is 2.36. The van der Waals surface area contributed by atoms with Crippen LogP contribution < -0.4 is 10.6 Å². The zero-order chi connectivity index (χ0) is 14.0. The molecule has 0 atom stereocenters. The number of anilines is 2. The van der Waals surface area contributed by atoms with Gasteiger partial charge < -0.3 is 10.6 Å². The molecule has 2 N–H and O–H groups in total.